The minimum Gasteiger partial charge on any atom is -0.484 e. The summed E-state index contributed by atoms with van der Waals surface area (Å²) in [5, 5.41) is 0.0389. The van der Waals surface area contributed by atoms with E-state index < -0.39 is 29.1 Å². The Morgan fingerprint density at radius 3 is 2.62 bits per heavy atom. The fraction of sp³-hybridized carbons (Fsp3) is 0.120. The first-order valence-corrected chi connectivity index (χ1v) is 10.4. The molecule has 4 aromatic rings. The number of nitrogens with zero attached hydrogens (tertiary/aromatic N) is 2. The number of fused-ring (bicyclic) bond motifs is 2. The molecule has 34 heavy (non-hydrogen) atoms. The van der Waals surface area contributed by atoms with E-state index in [1.807, 2.05) is 6.92 Å². The molecule has 0 saturated carbocycles. The molecule has 0 spiro atoms. The molecule has 0 fully saturated rings. The summed E-state index contributed by atoms with van der Waals surface area (Å²) in [6, 6.07) is 12.8. The molecule has 2 aromatic carbocycles. The summed E-state index contributed by atoms with van der Waals surface area (Å²) < 4.78 is 25.0. The van der Waals surface area contributed by atoms with Gasteiger partial charge in [0.05, 0.1) is 17.0 Å². The van der Waals surface area contributed by atoms with E-state index in [1.54, 1.807) is 42.6 Å². The molecule has 3 heterocycles. The average molecular weight is 459 g/mol. The number of pyridine rings is 1. The summed E-state index contributed by atoms with van der Waals surface area (Å²) in [4.78, 5) is 43.7. The number of hydrogen-bond acceptors (Lipinski definition) is 6. The Labute approximate surface area is 192 Å². The van der Waals surface area contributed by atoms with Gasteiger partial charge in [-0.2, -0.15) is 0 Å². The van der Waals surface area contributed by atoms with Crippen LogP contribution in [0, 0.1) is 12.7 Å². The van der Waals surface area contributed by atoms with Gasteiger partial charge >= 0.3 is 0 Å². The van der Waals surface area contributed by atoms with Gasteiger partial charge < -0.3 is 14.9 Å². The number of anilines is 1. The predicted octanol–water partition coefficient (Wildman–Crippen LogP) is 3.25. The Morgan fingerprint density at radius 2 is 1.91 bits per heavy atom. The number of aryl methyl sites for hydroxylation is 1. The van der Waals surface area contributed by atoms with Crippen molar-refractivity contribution >= 4 is 28.6 Å². The number of ether oxygens (including phenoxy) is 1. The molecule has 2 N–H and O–H groups in total. The first-order valence-electron chi connectivity index (χ1n) is 10.4. The van der Waals surface area contributed by atoms with Crippen molar-refractivity contribution in [2.24, 2.45) is 5.73 Å². The number of benzene rings is 2. The van der Waals surface area contributed by atoms with Gasteiger partial charge in [0.2, 0.25) is 5.76 Å². The highest BCUT2D eigenvalue weighted by atomic mass is 19.1. The van der Waals surface area contributed by atoms with E-state index >= 15 is 0 Å². The third-order valence-electron chi connectivity index (χ3n) is 5.56. The van der Waals surface area contributed by atoms with Gasteiger partial charge in [0, 0.05) is 6.20 Å². The molecule has 1 unspecified atom stereocenters. The molecule has 2 amide bonds. The van der Waals surface area contributed by atoms with Gasteiger partial charge in [-0.1, -0.05) is 12.1 Å². The van der Waals surface area contributed by atoms with Crippen LogP contribution in [0.25, 0.3) is 11.0 Å². The summed E-state index contributed by atoms with van der Waals surface area (Å²) in [5.74, 6) is -1.13. The third-order valence-corrected chi connectivity index (χ3v) is 5.56. The number of hydrogen-bond donors (Lipinski definition) is 1. The van der Waals surface area contributed by atoms with Gasteiger partial charge in [0.25, 0.3) is 11.8 Å². The number of amides is 2. The lowest BCUT2D eigenvalue weighted by atomic mass is 9.98. The van der Waals surface area contributed by atoms with Crippen LogP contribution in [-0.2, 0) is 4.79 Å². The van der Waals surface area contributed by atoms with Gasteiger partial charge in [-0.05, 0) is 60.5 Å². The number of nitrogens with two attached hydrogens (primary N) is 1. The average Bonchev–Trinajstić information content (AvgIpc) is 3.11. The molecule has 0 aliphatic carbocycles. The maximum atomic E-state index is 13.9. The highest BCUT2D eigenvalue weighted by Gasteiger charge is 2.44. The first kappa shape index (κ1) is 21.3. The van der Waals surface area contributed by atoms with Crippen molar-refractivity contribution in [1.29, 1.82) is 0 Å². The Balaban J connectivity index is 1.70. The lowest BCUT2D eigenvalue weighted by molar-refractivity contribution is -0.119. The van der Waals surface area contributed by atoms with Crippen LogP contribution in [-0.4, -0.2) is 23.4 Å². The maximum absolute atomic E-state index is 13.9. The van der Waals surface area contributed by atoms with Crippen molar-refractivity contribution in [2.45, 2.75) is 13.0 Å². The molecule has 2 aromatic heterocycles. The molecule has 1 aliphatic rings. The van der Waals surface area contributed by atoms with Crippen molar-refractivity contribution in [3.8, 4) is 5.75 Å². The van der Waals surface area contributed by atoms with E-state index in [0.717, 1.165) is 11.6 Å². The minimum absolute atomic E-state index is 0.0389. The molecular weight excluding hydrogens is 441 g/mol. The van der Waals surface area contributed by atoms with E-state index in [4.69, 9.17) is 14.9 Å². The van der Waals surface area contributed by atoms with E-state index in [0.29, 0.717) is 17.1 Å². The number of halogens is 1. The zero-order valence-electron chi connectivity index (χ0n) is 17.9. The Kier molecular flexibility index (Phi) is 5.09. The van der Waals surface area contributed by atoms with Crippen molar-refractivity contribution in [2.75, 3.05) is 11.5 Å². The van der Waals surface area contributed by atoms with Crippen LogP contribution in [0.4, 0.5) is 10.2 Å². The predicted molar refractivity (Wildman–Crippen MR) is 121 cm³/mol. The van der Waals surface area contributed by atoms with Gasteiger partial charge in [0.15, 0.2) is 12.0 Å². The van der Waals surface area contributed by atoms with Crippen LogP contribution in [0.3, 0.4) is 0 Å². The van der Waals surface area contributed by atoms with E-state index in [9.17, 15) is 18.8 Å². The first-order chi connectivity index (χ1) is 16.3. The van der Waals surface area contributed by atoms with E-state index in [2.05, 4.69) is 4.98 Å². The second-order valence-electron chi connectivity index (χ2n) is 7.91. The lowest BCUT2D eigenvalue weighted by Gasteiger charge is -2.24. The van der Waals surface area contributed by atoms with Crippen molar-refractivity contribution < 1.29 is 23.1 Å². The van der Waals surface area contributed by atoms with Gasteiger partial charge in [-0.25, -0.2) is 9.37 Å². The number of primary amides is 1. The van der Waals surface area contributed by atoms with Crippen molar-refractivity contribution in [3.05, 3.63) is 99.3 Å². The van der Waals surface area contributed by atoms with Gasteiger partial charge in [-0.3, -0.25) is 19.3 Å². The van der Waals surface area contributed by atoms with Gasteiger partial charge in [-0.15, -0.1) is 0 Å². The summed E-state index contributed by atoms with van der Waals surface area (Å²) in [5.41, 5.74) is 6.27. The van der Waals surface area contributed by atoms with Crippen LogP contribution in [0.1, 0.15) is 33.3 Å². The van der Waals surface area contributed by atoms with Crippen molar-refractivity contribution in [1.82, 2.24) is 4.98 Å². The molecule has 9 heteroatoms. The van der Waals surface area contributed by atoms with Crippen LogP contribution >= 0.6 is 0 Å². The minimum atomic E-state index is -0.870. The van der Waals surface area contributed by atoms with E-state index in [-0.39, 0.29) is 28.9 Å². The van der Waals surface area contributed by atoms with Crippen LogP contribution in [0.5, 0.6) is 5.75 Å². The highest BCUT2D eigenvalue weighted by Crippen LogP contribution is 2.41. The molecule has 1 atom stereocenters. The Bertz CT molecular complexity index is 1510. The summed E-state index contributed by atoms with van der Waals surface area (Å²) in [7, 11) is 0. The van der Waals surface area contributed by atoms with Crippen LogP contribution in [0.2, 0.25) is 0 Å². The summed E-state index contributed by atoms with van der Waals surface area (Å²) in [6.45, 7) is 1.57. The zero-order valence-corrected chi connectivity index (χ0v) is 17.9. The zero-order chi connectivity index (χ0) is 24.0. The number of carbonyl (C=O) groups excluding carboxylic acids is 2. The lowest BCUT2D eigenvalue weighted by Crippen LogP contribution is -2.30. The number of carbonyl (C=O) groups is 2. The molecular formula is C25H18FN3O5. The third kappa shape index (κ3) is 3.57. The molecule has 1 aliphatic heterocycles. The van der Waals surface area contributed by atoms with Crippen molar-refractivity contribution in [3.63, 3.8) is 0 Å². The van der Waals surface area contributed by atoms with E-state index in [1.165, 1.54) is 17.0 Å². The largest absolute Gasteiger partial charge is 0.484 e. The maximum Gasteiger partial charge on any atom is 0.296 e. The molecule has 0 bridgehead atoms. The summed E-state index contributed by atoms with van der Waals surface area (Å²) >= 11 is 0. The smallest absolute Gasteiger partial charge is 0.296 e. The normalized spacial score (nSPS) is 14.9. The molecule has 0 radical (unpaired) electrons. The van der Waals surface area contributed by atoms with Crippen LogP contribution < -0.4 is 20.8 Å². The second-order valence-corrected chi connectivity index (χ2v) is 7.91. The van der Waals surface area contributed by atoms with Gasteiger partial charge in [0.1, 0.15) is 23.0 Å². The Hall–Kier alpha value is -4.53. The standard InChI is InChI=1S/C25H18FN3O5/c1-13-8-9-28-20(10-13)29-22(14-2-5-16(6-3-14)33-12-19(27)30)21-23(31)17-11-15(26)4-7-18(17)34-24(21)25(29)32/h2-11,22H,12H2,1H3,(H2,27,30). The molecule has 5 rings (SSSR count). The quantitative estimate of drug-likeness (QED) is 0.490. The topological polar surface area (TPSA) is 116 Å². The molecule has 0 saturated heterocycles. The van der Waals surface area contributed by atoms with Crippen LogP contribution in [0.15, 0.2) is 70.0 Å². The number of aromatic nitrogens is 1. The monoisotopic (exact) mass is 459 g/mol. The number of rotatable bonds is 5. The SMILES string of the molecule is Cc1ccnc(N2C(=O)c3oc4ccc(F)cc4c(=O)c3C2c2ccc(OCC(N)=O)cc2)c1. The second kappa shape index (κ2) is 8.11. The summed E-state index contributed by atoms with van der Waals surface area (Å²) in [6.07, 6.45) is 1.57. The molecule has 8 nitrogen and oxygen atoms in total. The fourth-order valence-electron chi connectivity index (χ4n) is 4.05. The highest BCUT2D eigenvalue weighted by molar-refractivity contribution is 6.10. The Morgan fingerprint density at radius 1 is 1.15 bits per heavy atom. The molecule has 170 valence electrons. The fourth-order valence-corrected chi connectivity index (χ4v) is 4.05.